The molecule has 1 aliphatic heterocycles. The van der Waals surface area contributed by atoms with Crippen LogP contribution < -0.4 is 4.74 Å². The zero-order valence-corrected chi connectivity index (χ0v) is 18.2. The molecule has 0 spiro atoms. The maximum absolute atomic E-state index is 12.9. The van der Waals surface area contributed by atoms with E-state index >= 15 is 0 Å². The maximum atomic E-state index is 12.9. The van der Waals surface area contributed by atoms with Gasteiger partial charge >= 0.3 is 0 Å². The lowest BCUT2D eigenvalue weighted by atomic mass is 9.87. The Kier molecular flexibility index (Phi) is 6.15. The molecule has 5 nitrogen and oxygen atoms in total. The van der Waals surface area contributed by atoms with Gasteiger partial charge in [0.1, 0.15) is 5.75 Å². The second kappa shape index (κ2) is 8.25. The summed E-state index contributed by atoms with van der Waals surface area (Å²) >= 11 is 1.56. The molecule has 0 N–H and O–H groups in total. The number of benzene rings is 1. The van der Waals surface area contributed by atoms with Gasteiger partial charge in [-0.1, -0.05) is 39.0 Å². The van der Waals surface area contributed by atoms with E-state index in [9.17, 15) is 13.2 Å². The van der Waals surface area contributed by atoms with Gasteiger partial charge in [0.05, 0.1) is 18.1 Å². The highest BCUT2D eigenvalue weighted by Crippen LogP contribution is 2.25. The predicted octanol–water partition coefficient (Wildman–Crippen LogP) is 3.64. The van der Waals surface area contributed by atoms with Crippen molar-refractivity contribution in [3.05, 3.63) is 52.2 Å². The fourth-order valence-corrected chi connectivity index (χ4v) is 5.73. The Hall–Kier alpha value is -1.86. The van der Waals surface area contributed by atoms with Crippen molar-refractivity contribution < 1.29 is 17.9 Å². The SMILES string of the molecule is CC(C)(C)c1ccc(OCC(=O)N(Cc2cccs2)[C@@H]2CCS(=O)(=O)C2)cc1. The molecule has 1 aliphatic rings. The fourth-order valence-electron chi connectivity index (χ4n) is 3.29. The topological polar surface area (TPSA) is 63.7 Å². The molecule has 152 valence electrons. The Morgan fingerprint density at radius 2 is 1.93 bits per heavy atom. The van der Waals surface area contributed by atoms with Crippen molar-refractivity contribution in [2.75, 3.05) is 18.1 Å². The summed E-state index contributed by atoms with van der Waals surface area (Å²) in [4.78, 5) is 15.6. The molecular formula is C21H27NO4S2. The van der Waals surface area contributed by atoms with E-state index < -0.39 is 9.84 Å². The second-order valence-electron chi connectivity index (χ2n) is 8.22. The molecule has 1 fully saturated rings. The van der Waals surface area contributed by atoms with E-state index in [0.29, 0.717) is 18.7 Å². The predicted molar refractivity (Wildman–Crippen MR) is 113 cm³/mol. The lowest BCUT2D eigenvalue weighted by Crippen LogP contribution is -2.42. The van der Waals surface area contributed by atoms with Gasteiger partial charge in [-0.2, -0.15) is 0 Å². The van der Waals surface area contributed by atoms with Gasteiger partial charge < -0.3 is 9.64 Å². The molecule has 1 saturated heterocycles. The zero-order valence-electron chi connectivity index (χ0n) is 16.6. The molecule has 1 amide bonds. The minimum atomic E-state index is -3.07. The van der Waals surface area contributed by atoms with E-state index in [2.05, 4.69) is 20.8 Å². The first-order valence-corrected chi connectivity index (χ1v) is 12.1. The Bertz CT molecular complexity index is 897. The number of amides is 1. The number of carbonyl (C=O) groups is 1. The average Bonchev–Trinajstić information content (AvgIpc) is 3.26. The van der Waals surface area contributed by atoms with E-state index in [1.807, 2.05) is 41.8 Å². The number of hydrogen-bond acceptors (Lipinski definition) is 5. The van der Waals surface area contributed by atoms with Crippen molar-refractivity contribution in [3.8, 4) is 5.75 Å². The summed E-state index contributed by atoms with van der Waals surface area (Å²) in [5, 5.41) is 1.96. The van der Waals surface area contributed by atoms with Crippen molar-refractivity contribution in [2.24, 2.45) is 0 Å². The number of carbonyl (C=O) groups excluding carboxylic acids is 1. The van der Waals surface area contributed by atoms with Gasteiger partial charge in [-0.25, -0.2) is 8.42 Å². The quantitative estimate of drug-likeness (QED) is 0.714. The third-order valence-corrected chi connectivity index (χ3v) is 7.57. The second-order valence-corrected chi connectivity index (χ2v) is 11.5. The summed E-state index contributed by atoms with van der Waals surface area (Å²) in [6.07, 6.45) is 0.486. The van der Waals surface area contributed by atoms with Crippen LogP contribution in [0.3, 0.4) is 0 Å². The van der Waals surface area contributed by atoms with Gasteiger partial charge in [0, 0.05) is 10.9 Å². The molecule has 0 radical (unpaired) electrons. The maximum Gasteiger partial charge on any atom is 0.261 e. The van der Waals surface area contributed by atoms with E-state index in [1.54, 1.807) is 16.2 Å². The largest absolute Gasteiger partial charge is 0.484 e. The van der Waals surface area contributed by atoms with Crippen LogP contribution >= 0.6 is 11.3 Å². The Morgan fingerprint density at radius 1 is 1.21 bits per heavy atom. The first-order chi connectivity index (χ1) is 13.1. The lowest BCUT2D eigenvalue weighted by molar-refractivity contribution is -0.135. The van der Waals surface area contributed by atoms with Gasteiger partial charge in [0.2, 0.25) is 0 Å². The highest BCUT2D eigenvalue weighted by atomic mass is 32.2. The van der Waals surface area contributed by atoms with Gasteiger partial charge in [-0.05, 0) is 41.0 Å². The Labute approximate surface area is 171 Å². The van der Waals surface area contributed by atoms with Gasteiger partial charge in [-0.3, -0.25) is 4.79 Å². The fraction of sp³-hybridized carbons (Fsp3) is 0.476. The van der Waals surface area contributed by atoms with Crippen LogP contribution in [-0.2, 0) is 26.6 Å². The van der Waals surface area contributed by atoms with Crippen LogP contribution in [0.1, 0.15) is 37.6 Å². The smallest absolute Gasteiger partial charge is 0.261 e. The van der Waals surface area contributed by atoms with Crippen molar-refractivity contribution in [1.29, 1.82) is 0 Å². The first kappa shape index (κ1) is 20.9. The van der Waals surface area contributed by atoms with E-state index in [1.165, 1.54) is 5.56 Å². The molecule has 0 aliphatic carbocycles. The lowest BCUT2D eigenvalue weighted by Gasteiger charge is -2.28. The highest BCUT2D eigenvalue weighted by Gasteiger charge is 2.35. The van der Waals surface area contributed by atoms with Crippen LogP contribution in [0, 0.1) is 0 Å². The molecule has 7 heteroatoms. The molecule has 3 rings (SSSR count). The number of hydrogen-bond donors (Lipinski definition) is 0. The van der Waals surface area contributed by atoms with E-state index in [0.717, 1.165) is 4.88 Å². The molecule has 0 bridgehead atoms. The van der Waals surface area contributed by atoms with Gasteiger partial charge in [0.15, 0.2) is 16.4 Å². The average molecular weight is 422 g/mol. The minimum absolute atomic E-state index is 0.0321. The van der Waals surface area contributed by atoms with Crippen LogP contribution in [-0.4, -0.2) is 43.4 Å². The van der Waals surface area contributed by atoms with Crippen LogP contribution in [0.15, 0.2) is 41.8 Å². The molecule has 1 aromatic carbocycles. The highest BCUT2D eigenvalue weighted by molar-refractivity contribution is 7.91. The normalized spacial score (nSPS) is 18.8. The van der Waals surface area contributed by atoms with Crippen LogP contribution in [0.2, 0.25) is 0 Å². The van der Waals surface area contributed by atoms with Crippen molar-refractivity contribution in [2.45, 2.75) is 45.2 Å². The van der Waals surface area contributed by atoms with Crippen LogP contribution in [0.5, 0.6) is 5.75 Å². The number of nitrogens with zero attached hydrogens (tertiary/aromatic N) is 1. The number of rotatable bonds is 6. The molecule has 1 atom stereocenters. The summed E-state index contributed by atoms with van der Waals surface area (Å²) in [5.74, 6) is 0.623. The van der Waals surface area contributed by atoms with E-state index in [-0.39, 0.29) is 35.5 Å². The summed E-state index contributed by atoms with van der Waals surface area (Å²) in [6.45, 7) is 6.75. The molecular weight excluding hydrogens is 394 g/mol. The third kappa shape index (κ3) is 5.35. The van der Waals surface area contributed by atoms with Crippen LogP contribution in [0.4, 0.5) is 0 Å². The molecule has 2 heterocycles. The van der Waals surface area contributed by atoms with Crippen LogP contribution in [0.25, 0.3) is 0 Å². The molecule has 0 saturated carbocycles. The number of sulfone groups is 1. The summed E-state index contributed by atoms with van der Waals surface area (Å²) in [6, 6.07) is 11.4. The number of ether oxygens (including phenoxy) is 1. The number of thiophene rings is 1. The minimum Gasteiger partial charge on any atom is -0.484 e. The first-order valence-electron chi connectivity index (χ1n) is 9.40. The van der Waals surface area contributed by atoms with Crippen molar-refractivity contribution in [1.82, 2.24) is 4.90 Å². The molecule has 1 aromatic heterocycles. The Balaban J connectivity index is 1.67. The molecule has 2 aromatic rings. The standard InChI is InChI=1S/C21H27NO4S2/c1-21(2,3)16-6-8-18(9-7-16)26-14-20(23)22(13-19-5-4-11-27-19)17-10-12-28(24,25)15-17/h4-9,11,17H,10,12-15H2,1-3H3/t17-/m1/s1. The van der Waals surface area contributed by atoms with E-state index in [4.69, 9.17) is 4.74 Å². The molecule has 0 unspecified atom stereocenters. The summed E-state index contributed by atoms with van der Waals surface area (Å²) < 4.78 is 29.5. The summed E-state index contributed by atoms with van der Waals surface area (Å²) in [5.41, 5.74) is 1.25. The van der Waals surface area contributed by atoms with Crippen molar-refractivity contribution >= 4 is 27.1 Å². The van der Waals surface area contributed by atoms with Gasteiger partial charge in [-0.15, -0.1) is 11.3 Å². The summed E-state index contributed by atoms with van der Waals surface area (Å²) in [7, 11) is -3.07. The third-order valence-electron chi connectivity index (χ3n) is 4.96. The van der Waals surface area contributed by atoms with Gasteiger partial charge in [0.25, 0.3) is 5.91 Å². The molecule has 28 heavy (non-hydrogen) atoms. The monoisotopic (exact) mass is 421 g/mol. The van der Waals surface area contributed by atoms with Crippen molar-refractivity contribution in [3.63, 3.8) is 0 Å². The Morgan fingerprint density at radius 3 is 2.46 bits per heavy atom. The zero-order chi connectivity index (χ0) is 20.4.